The summed E-state index contributed by atoms with van der Waals surface area (Å²) >= 11 is 0. The standard InChI is InChI=1S/C21H34N2O3/c1-16(2)13-26-18-7-5-17(6-8-18)20(3,4)15-23-19(24)21(14-22)9-11-25-12-10-21/h5-8,16H,9-15,22H2,1-4H3,(H,23,24). The molecule has 1 heterocycles. The van der Waals surface area contributed by atoms with Crippen LogP contribution >= 0.6 is 0 Å². The van der Waals surface area contributed by atoms with Gasteiger partial charge in [0.05, 0.1) is 12.0 Å². The van der Waals surface area contributed by atoms with E-state index in [2.05, 4.69) is 45.1 Å². The van der Waals surface area contributed by atoms with Crippen molar-refractivity contribution in [1.82, 2.24) is 5.32 Å². The van der Waals surface area contributed by atoms with E-state index >= 15 is 0 Å². The number of nitrogens with one attached hydrogen (secondary N) is 1. The van der Waals surface area contributed by atoms with Crippen molar-refractivity contribution in [2.24, 2.45) is 17.1 Å². The lowest BCUT2D eigenvalue weighted by molar-refractivity contribution is -0.136. The number of amides is 1. The van der Waals surface area contributed by atoms with Crippen LogP contribution in [0.15, 0.2) is 24.3 Å². The van der Waals surface area contributed by atoms with Crippen LogP contribution in [0, 0.1) is 11.3 Å². The SMILES string of the molecule is CC(C)COc1ccc(C(C)(C)CNC(=O)C2(CN)CCOCC2)cc1. The van der Waals surface area contributed by atoms with E-state index in [1.54, 1.807) is 0 Å². The number of nitrogens with two attached hydrogens (primary N) is 1. The van der Waals surface area contributed by atoms with Gasteiger partial charge >= 0.3 is 0 Å². The lowest BCUT2D eigenvalue weighted by Crippen LogP contribution is -2.51. The van der Waals surface area contributed by atoms with Crippen LogP contribution in [0.25, 0.3) is 0 Å². The van der Waals surface area contributed by atoms with Gasteiger partial charge in [0.15, 0.2) is 0 Å². The molecule has 5 heteroatoms. The monoisotopic (exact) mass is 362 g/mol. The Kier molecular flexibility index (Phi) is 7.07. The largest absolute Gasteiger partial charge is 0.493 e. The van der Waals surface area contributed by atoms with Gasteiger partial charge in [0.2, 0.25) is 5.91 Å². The average Bonchev–Trinajstić information content (AvgIpc) is 2.65. The van der Waals surface area contributed by atoms with Gasteiger partial charge in [-0.25, -0.2) is 0 Å². The summed E-state index contributed by atoms with van der Waals surface area (Å²) in [5.74, 6) is 1.43. The summed E-state index contributed by atoms with van der Waals surface area (Å²) in [6, 6.07) is 8.16. The van der Waals surface area contributed by atoms with Crippen molar-refractivity contribution >= 4 is 5.91 Å². The Balaban J connectivity index is 1.96. The van der Waals surface area contributed by atoms with Gasteiger partial charge in [0.1, 0.15) is 5.75 Å². The van der Waals surface area contributed by atoms with Crippen LogP contribution in [0.3, 0.4) is 0 Å². The molecule has 146 valence electrons. The fourth-order valence-electron chi connectivity index (χ4n) is 3.14. The lowest BCUT2D eigenvalue weighted by atomic mass is 9.78. The zero-order valence-corrected chi connectivity index (χ0v) is 16.6. The zero-order valence-electron chi connectivity index (χ0n) is 16.6. The third kappa shape index (κ3) is 5.21. The summed E-state index contributed by atoms with van der Waals surface area (Å²) in [7, 11) is 0. The second kappa shape index (κ2) is 8.87. The molecule has 0 unspecified atom stereocenters. The molecule has 0 aromatic heterocycles. The molecule has 1 amide bonds. The third-order valence-electron chi connectivity index (χ3n) is 5.23. The van der Waals surface area contributed by atoms with E-state index in [0.717, 1.165) is 5.75 Å². The maximum absolute atomic E-state index is 12.8. The van der Waals surface area contributed by atoms with E-state index in [9.17, 15) is 4.79 Å². The molecule has 0 radical (unpaired) electrons. The molecule has 1 saturated heterocycles. The fraction of sp³-hybridized carbons (Fsp3) is 0.667. The number of rotatable bonds is 8. The Bertz CT molecular complexity index is 575. The molecule has 2 rings (SSSR count). The number of ether oxygens (including phenoxy) is 2. The normalized spacial score (nSPS) is 17.2. The van der Waals surface area contributed by atoms with Gasteiger partial charge in [-0.15, -0.1) is 0 Å². The van der Waals surface area contributed by atoms with E-state index in [1.165, 1.54) is 5.56 Å². The third-order valence-corrected chi connectivity index (χ3v) is 5.23. The van der Waals surface area contributed by atoms with Crippen molar-refractivity contribution in [3.8, 4) is 5.75 Å². The predicted molar refractivity (Wildman–Crippen MR) is 104 cm³/mol. The summed E-state index contributed by atoms with van der Waals surface area (Å²) in [6.45, 7) is 11.4. The van der Waals surface area contributed by atoms with E-state index < -0.39 is 5.41 Å². The highest BCUT2D eigenvalue weighted by molar-refractivity contribution is 5.83. The van der Waals surface area contributed by atoms with Gasteiger partial charge < -0.3 is 20.5 Å². The second-order valence-electron chi connectivity index (χ2n) is 8.39. The molecular weight excluding hydrogens is 328 g/mol. The van der Waals surface area contributed by atoms with Gasteiger partial charge in [-0.3, -0.25) is 4.79 Å². The fourth-order valence-corrected chi connectivity index (χ4v) is 3.14. The predicted octanol–water partition coefficient (Wildman–Crippen LogP) is 2.87. The van der Waals surface area contributed by atoms with Gasteiger partial charge in [-0.2, -0.15) is 0 Å². The van der Waals surface area contributed by atoms with Crippen molar-refractivity contribution in [1.29, 1.82) is 0 Å². The number of carbonyl (C=O) groups excluding carboxylic acids is 1. The summed E-state index contributed by atoms with van der Waals surface area (Å²) in [5, 5.41) is 3.13. The molecule has 0 spiro atoms. The van der Waals surface area contributed by atoms with E-state index in [-0.39, 0.29) is 11.3 Å². The summed E-state index contributed by atoms with van der Waals surface area (Å²) in [6.07, 6.45) is 1.38. The summed E-state index contributed by atoms with van der Waals surface area (Å²) in [5.41, 5.74) is 6.44. The highest BCUT2D eigenvalue weighted by Crippen LogP contribution is 2.30. The zero-order chi connectivity index (χ0) is 19.2. The van der Waals surface area contributed by atoms with Gasteiger partial charge in [-0.05, 0) is 36.5 Å². The van der Waals surface area contributed by atoms with E-state index in [0.29, 0.717) is 51.7 Å². The lowest BCUT2D eigenvalue weighted by Gasteiger charge is -2.36. The van der Waals surface area contributed by atoms with Crippen molar-refractivity contribution in [3.05, 3.63) is 29.8 Å². The molecule has 1 aromatic carbocycles. The molecular formula is C21H34N2O3. The van der Waals surface area contributed by atoms with Crippen LogP contribution < -0.4 is 15.8 Å². The Labute approximate surface area is 157 Å². The molecule has 0 saturated carbocycles. The van der Waals surface area contributed by atoms with E-state index in [4.69, 9.17) is 15.2 Å². The average molecular weight is 363 g/mol. The van der Waals surface area contributed by atoms with Gasteiger partial charge in [0.25, 0.3) is 0 Å². The van der Waals surface area contributed by atoms with Crippen molar-refractivity contribution < 1.29 is 14.3 Å². The molecule has 5 nitrogen and oxygen atoms in total. The van der Waals surface area contributed by atoms with Crippen LogP contribution in [0.4, 0.5) is 0 Å². The first-order valence-electron chi connectivity index (χ1n) is 9.58. The first-order chi connectivity index (χ1) is 12.3. The van der Waals surface area contributed by atoms with Crippen molar-refractivity contribution in [2.45, 2.75) is 46.0 Å². The molecule has 0 bridgehead atoms. The summed E-state index contributed by atoms with van der Waals surface area (Å²) < 4.78 is 11.1. The number of hydrogen-bond acceptors (Lipinski definition) is 4. The van der Waals surface area contributed by atoms with E-state index in [1.807, 2.05) is 12.1 Å². The minimum atomic E-state index is -0.483. The molecule has 26 heavy (non-hydrogen) atoms. The van der Waals surface area contributed by atoms with Crippen LogP contribution in [0.1, 0.15) is 46.1 Å². The Morgan fingerprint density at radius 1 is 1.27 bits per heavy atom. The highest BCUT2D eigenvalue weighted by atomic mass is 16.5. The smallest absolute Gasteiger partial charge is 0.227 e. The van der Waals surface area contributed by atoms with Crippen molar-refractivity contribution in [2.75, 3.05) is 32.9 Å². The molecule has 1 aliphatic heterocycles. The Morgan fingerprint density at radius 3 is 2.42 bits per heavy atom. The highest BCUT2D eigenvalue weighted by Gasteiger charge is 2.39. The van der Waals surface area contributed by atoms with Crippen molar-refractivity contribution in [3.63, 3.8) is 0 Å². The quantitative estimate of drug-likeness (QED) is 0.746. The Hall–Kier alpha value is -1.59. The van der Waals surface area contributed by atoms with Crippen LogP contribution in [0.5, 0.6) is 5.75 Å². The molecule has 3 N–H and O–H groups in total. The topological polar surface area (TPSA) is 73.6 Å². The summed E-state index contributed by atoms with van der Waals surface area (Å²) in [4.78, 5) is 12.8. The maximum atomic E-state index is 12.8. The minimum absolute atomic E-state index is 0.0493. The molecule has 1 aliphatic rings. The number of hydrogen-bond donors (Lipinski definition) is 2. The van der Waals surface area contributed by atoms with Crippen LogP contribution in [-0.2, 0) is 14.9 Å². The number of carbonyl (C=O) groups is 1. The minimum Gasteiger partial charge on any atom is -0.493 e. The first kappa shape index (κ1) is 20.7. The molecule has 1 fully saturated rings. The number of benzene rings is 1. The molecule has 1 aromatic rings. The molecule has 0 atom stereocenters. The first-order valence-corrected chi connectivity index (χ1v) is 9.58. The Morgan fingerprint density at radius 2 is 1.88 bits per heavy atom. The maximum Gasteiger partial charge on any atom is 0.227 e. The van der Waals surface area contributed by atoms with Gasteiger partial charge in [-0.1, -0.05) is 39.8 Å². The molecule has 0 aliphatic carbocycles. The van der Waals surface area contributed by atoms with Crippen LogP contribution in [-0.4, -0.2) is 38.8 Å². The second-order valence-corrected chi connectivity index (χ2v) is 8.39. The van der Waals surface area contributed by atoms with Gasteiger partial charge in [0, 0.05) is 31.7 Å². The van der Waals surface area contributed by atoms with Crippen LogP contribution in [0.2, 0.25) is 0 Å².